The maximum Gasteiger partial charge on any atom is 0.313 e. The zero-order chi connectivity index (χ0) is 48.0. The number of nitrogens with zero attached hydrogens (tertiary/aromatic N) is 6. The van der Waals surface area contributed by atoms with Crippen LogP contribution >= 0.6 is 11.8 Å². The van der Waals surface area contributed by atoms with Gasteiger partial charge in [-0.05, 0) is 83.1 Å². The Bertz CT molecular complexity index is 1320. The summed E-state index contributed by atoms with van der Waals surface area (Å²) in [5.41, 5.74) is -1.95. The van der Waals surface area contributed by atoms with Gasteiger partial charge in [0, 0.05) is 61.7 Å². The Morgan fingerprint density at radius 3 is 0.917 bits per heavy atom. The van der Waals surface area contributed by atoms with Gasteiger partial charge in [-0.2, -0.15) is 0 Å². The summed E-state index contributed by atoms with van der Waals surface area (Å²) in [5, 5.41) is 8.41. The number of rotatable bonds is 20. The summed E-state index contributed by atoms with van der Waals surface area (Å²) < 4.78 is 53.4. The monoisotopic (exact) mass is 1060 g/mol. The van der Waals surface area contributed by atoms with Crippen molar-refractivity contribution >= 4 is 27.6 Å². The van der Waals surface area contributed by atoms with Gasteiger partial charge in [0.05, 0.1) is 23.9 Å². The average molecular weight is 1060 g/mol. The summed E-state index contributed by atoms with van der Waals surface area (Å²) in [7, 11) is 4.85. The summed E-state index contributed by atoms with van der Waals surface area (Å²) >= 11 is 1.08. The number of hydrogen-bond donors (Lipinski definition) is 1. The second-order valence-electron chi connectivity index (χ2n) is 15.9. The van der Waals surface area contributed by atoms with Crippen molar-refractivity contribution in [3.63, 3.8) is 0 Å². The Labute approximate surface area is 382 Å². The SMILES string of the molecule is [C-]#[N+]CC(C)(C)OC.[C-]#[N+]CC(C)(C)OC.[C-]#[N+]CC(C)(C)OC.[C-]#[N+]CC(C)(C)OC.[C-]#[N+]CC(C)(C)OC.[C-]#[N+]CC(C)(C)OCCS(=O)(=O)CCSCC(=O)O.[Re]. The molecule has 0 amide bonds. The quantitative estimate of drug-likeness (QED) is 0.0949. The van der Waals surface area contributed by atoms with Gasteiger partial charge in [0.2, 0.25) is 39.3 Å². The topological polar surface area (TPSA) is 153 Å². The van der Waals surface area contributed by atoms with E-state index in [-0.39, 0.29) is 84.6 Å². The van der Waals surface area contributed by atoms with Crippen LogP contribution < -0.4 is 0 Å². The predicted octanol–water partition coefficient (Wildman–Crippen LogP) is 7.58. The molecule has 0 rings (SSSR count). The zero-order valence-corrected chi connectivity index (χ0v) is 43.6. The maximum absolute atomic E-state index is 11.6. The zero-order valence-electron chi connectivity index (χ0n) is 39.3. The molecule has 347 valence electrons. The number of carbonyl (C=O) groups is 1. The van der Waals surface area contributed by atoms with Gasteiger partial charge in [-0.3, -0.25) is 4.79 Å². The molecule has 0 aromatic heterocycles. The molecule has 1 N–H and O–H groups in total. The molecule has 0 aliphatic rings. The molecule has 60 heavy (non-hydrogen) atoms. The van der Waals surface area contributed by atoms with Crippen LogP contribution in [0, 0.1) is 39.4 Å². The van der Waals surface area contributed by atoms with Crippen molar-refractivity contribution in [2.75, 3.05) is 104 Å². The van der Waals surface area contributed by atoms with Crippen molar-refractivity contribution in [3.05, 3.63) is 68.5 Å². The van der Waals surface area contributed by atoms with Crippen LogP contribution in [0.3, 0.4) is 0 Å². The van der Waals surface area contributed by atoms with Crippen molar-refractivity contribution in [2.24, 2.45) is 0 Å². The first-order chi connectivity index (χ1) is 26.8. The van der Waals surface area contributed by atoms with E-state index in [1.165, 1.54) is 0 Å². The van der Waals surface area contributed by atoms with Crippen LogP contribution in [-0.4, -0.2) is 158 Å². The fraction of sp³-hybridized carbons (Fsp3) is 0.829. The van der Waals surface area contributed by atoms with Crippen LogP contribution in [0.25, 0.3) is 29.1 Å². The average Bonchev–Trinajstić information content (AvgIpc) is 3.11. The molecule has 0 atom stereocenters. The van der Waals surface area contributed by atoms with Gasteiger partial charge < -0.3 is 62.6 Å². The van der Waals surface area contributed by atoms with E-state index in [0.717, 1.165) is 11.8 Å². The van der Waals surface area contributed by atoms with E-state index >= 15 is 0 Å². The molecule has 19 heteroatoms. The molecule has 0 bridgehead atoms. The van der Waals surface area contributed by atoms with Gasteiger partial charge >= 0.3 is 5.97 Å². The van der Waals surface area contributed by atoms with Crippen LogP contribution in [0.1, 0.15) is 83.1 Å². The van der Waals surface area contributed by atoms with Gasteiger partial charge in [-0.25, -0.2) is 47.9 Å². The normalized spacial score (nSPS) is 11.0. The summed E-state index contributed by atoms with van der Waals surface area (Å²) in [6.45, 7) is 64.1. The summed E-state index contributed by atoms with van der Waals surface area (Å²) in [6, 6.07) is 0. The molecular formula is C41H74N6O10ReS2. The Hall–Kier alpha value is -2.87. The van der Waals surface area contributed by atoms with Crippen molar-refractivity contribution < 1.29 is 67.2 Å². The molecule has 0 heterocycles. The van der Waals surface area contributed by atoms with Gasteiger partial charge in [0.1, 0.15) is 33.6 Å². The second kappa shape index (κ2) is 39.0. The van der Waals surface area contributed by atoms with Gasteiger partial charge in [0.25, 0.3) is 0 Å². The number of carboxylic acids is 1. The minimum Gasteiger partial charge on any atom is -0.481 e. The van der Waals surface area contributed by atoms with Crippen molar-refractivity contribution in [1.82, 2.24) is 0 Å². The first-order valence-electron chi connectivity index (χ1n) is 18.2. The van der Waals surface area contributed by atoms with Crippen LogP contribution in [0.5, 0.6) is 0 Å². The van der Waals surface area contributed by atoms with Crippen molar-refractivity contribution in [3.8, 4) is 0 Å². The standard InChI is InChI=1S/C11H19NO5S2.5C6H11NO.Re/c1-11(2,9-12-3)17-4-6-19(15,16)7-5-18-8-10(13)14;5*1-6(2,8-4)5-7-3;/h4-9H2,1-2H3,(H,13,14);5*5H2,1-2,4H3;. The van der Waals surface area contributed by atoms with Crippen molar-refractivity contribution in [2.45, 2.75) is 117 Å². The molecule has 0 aliphatic heterocycles. The molecule has 0 saturated carbocycles. The number of hydrogen-bond acceptors (Lipinski definition) is 10. The number of methoxy groups -OCH3 is 5. The van der Waals surface area contributed by atoms with E-state index in [1.54, 1.807) is 49.4 Å². The third-order valence-corrected chi connectivity index (χ3v) is 9.99. The molecule has 0 saturated heterocycles. The Morgan fingerprint density at radius 2 is 0.733 bits per heavy atom. The predicted molar refractivity (Wildman–Crippen MR) is 238 cm³/mol. The summed E-state index contributed by atoms with van der Waals surface area (Å²) in [6.07, 6.45) is 0. The summed E-state index contributed by atoms with van der Waals surface area (Å²) in [5.74, 6) is -0.948. The molecule has 0 aromatic rings. The third-order valence-electron chi connectivity index (χ3n) is 7.17. The molecule has 16 nitrogen and oxygen atoms in total. The molecule has 0 spiro atoms. The van der Waals surface area contributed by atoms with Crippen molar-refractivity contribution in [1.29, 1.82) is 0 Å². The van der Waals surface area contributed by atoms with E-state index < -0.39 is 21.4 Å². The Morgan fingerprint density at radius 1 is 0.500 bits per heavy atom. The largest absolute Gasteiger partial charge is 0.481 e. The number of thioether (sulfide) groups is 1. The van der Waals surface area contributed by atoms with Gasteiger partial charge in [0.15, 0.2) is 9.84 Å². The third kappa shape index (κ3) is 59.4. The van der Waals surface area contributed by atoms with E-state index in [0.29, 0.717) is 32.7 Å². The van der Waals surface area contributed by atoms with Crippen LogP contribution in [-0.2, 0) is 63.5 Å². The van der Waals surface area contributed by atoms with E-state index in [9.17, 15) is 13.2 Å². The minimum absolute atomic E-state index is 0. The molecule has 0 aromatic carbocycles. The van der Waals surface area contributed by atoms with Crippen LogP contribution in [0.15, 0.2) is 0 Å². The smallest absolute Gasteiger partial charge is 0.313 e. The van der Waals surface area contributed by atoms with E-state index in [1.807, 2.05) is 69.2 Å². The van der Waals surface area contributed by atoms with Gasteiger partial charge in [-0.15, -0.1) is 11.8 Å². The fourth-order valence-corrected chi connectivity index (χ4v) is 4.75. The second-order valence-corrected chi connectivity index (χ2v) is 19.3. The first kappa shape index (κ1) is 71.6. The molecule has 0 unspecified atom stereocenters. The molecule has 0 fully saturated rings. The molecule has 0 aliphatic carbocycles. The number of sulfone groups is 1. The van der Waals surface area contributed by atoms with E-state index in [2.05, 4.69) is 29.1 Å². The molecular weight excluding hydrogens is 987 g/mol. The fourth-order valence-electron chi connectivity index (χ4n) is 2.40. The minimum atomic E-state index is -3.23. The first-order valence-corrected chi connectivity index (χ1v) is 21.2. The number of aliphatic carboxylic acids is 1. The van der Waals surface area contributed by atoms with Gasteiger partial charge in [-0.1, -0.05) is 0 Å². The van der Waals surface area contributed by atoms with Crippen LogP contribution in [0.2, 0.25) is 0 Å². The number of carboxylic acid groups (broad SMARTS) is 1. The number of ether oxygens (including phenoxy) is 6. The Kier molecular flexibility index (Phi) is 46.6. The maximum atomic E-state index is 11.6. The van der Waals surface area contributed by atoms with E-state index in [4.69, 9.17) is 73.0 Å². The molecule has 1 radical (unpaired) electrons. The summed E-state index contributed by atoms with van der Waals surface area (Å²) in [4.78, 5) is 29.5. The van der Waals surface area contributed by atoms with Crippen LogP contribution in [0.4, 0.5) is 0 Å². The Balaban J connectivity index is -0.000000118.